The van der Waals surface area contributed by atoms with E-state index in [-0.39, 0.29) is 12.5 Å². The van der Waals surface area contributed by atoms with Gasteiger partial charge in [0, 0.05) is 33.7 Å². The number of nitrogens with one attached hydrogen (secondary N) is 2. The number of ether oxygens (including phenoxy) is 1. The number of carboxylic acids is 1. The first-order valence-electron chi connectivity index (χ1n) is 12.9. The smallest absolute Gasteiger partial charge is 0.341 e. The fraction of sp³-hybridized carbons (Fsp3) is 0.125. The first kappa shape index (κ1) is 30.3. The Morgan fingerprint density at radius 2 is 1.69 bits per heavy atom. The summed E-state index contributed by atoms with van der Waals surface area (Å²) in [7, 11) is 0. The molecule has 10 heteroatoms. The van der Waals surface area contributed by atoms with E-state index in [1.54, 1.807) is 31.2 Å². The number of carbonyl (C=O) groups excluding carboxylic acids is 3. The molecule has 4 aromatic rings. The number of aryl methyl sites for hydroxylation is 1. The van der Waals surface area contributed by atoms with Crippen molar-refractivity contribution in [2.24, 2.45) is 0 Å². The number of thioether (sulfide) groups is 1. The van der Waals surface area contributed by atoms with Gasteiger partial charge in [-0.1, -0.05) is 66.2 Å². The molecule has 1 atom stereocenters. The van der Waals surface area contributed by atoms with Crippen LogP contribution in [0, 0.1) is 6.92 Å². The fourth-order valence-corrected chi connectivity index (χ4v) is 6.04. The Kier molecular flexibility index (Phi) is 10.3. The Hall–Kier alpha value is -4.67. The van der Waals surface area contributed by atoms with Crippen LogP contribution in [0.15, 0.2) is 101 Å². The third kappa shape index (κ3) is 7.96. The summed E-state index contributed by atoms with van der Waals surface area (Å²) in [4.78, 5) is 50.4. The number of hydrogen-bond acceptors (Lipinski definition) is 7. The van der Waals surface area contributed by atoms with Crippen molar-refractivity contribution in [2.45, 2.75) is 24.0 Å². The van der Waals surface area contributed by atoms with Gasteiger partial charge in [-0.15, -0.1) is 23.1 Å². The van der Waals surface area contributed by atoms with Gasteiger partial charge in [0.2, 0.25) is 11.8 Å². The van der Waals surface area contributed by atoms with Crippen molar-refractivity contribution in [3.63, 3.8) is 0 Å². The van der Waals surface area contributed by atoms with Crippen LogP contribution in [0.5, 0.6) is 0 Å². The molecule has 0 saturated carbocycles. The van der Waals surface area contributed by atoms with E-state index in [2.05, 4.69) is 10.6 Å². The number of aliphatic carboxylic acids is 1. The van der Waals surface area contributed by atoms with Crippen LogP contribution in [0.4, 0.5) is 10.7 Å². The number of rotatable bonds is 11. The number of amides is 2. The normalized spacial score (nSPS) is 11.6. The third-order valence-electron chi connectivity index (χ3n) is 5.94. The van der Waals surface area contributed by atoms with Crippen molar-refractivity contribution in [1.82, 2.24) is 0 Å². The summed E-state index contributed by atoms with van der Waals surface area (Å²) >= 11 is 2.53. The third-order valence-corrected chi connectivity index (χ3v) is 8.09. The molecule has 4 rings (SSSR count). The van der Waals surface area contributed by atoms with E-state index < -0.39 is 23.1 Å². The summed E-state index contributed by atoms with van der Waals surface area (Å²) in [5.74, 6) is -2.68. The molecular weight excluding hydrogens is 572 g/mol. The molecule has 0 bridgehead atoms. The lowest BCUT2D eigenvalue weighted by molar-refractivity contribution is -0.131. The minimum absolute atomic E-state index is 0.191. The van der Waals surface area contributed by atoms with Crippen LogP contribution < -0.4 is 10.6 Å². The molecule has 8 nitrogen and oxygen atoms in total. The maximum atomic E-state index is 13.8. The lowest BCUT2D eigenvalue weighted by Crippen LogP contribution is -2.20. The highest BCUT2D eigenvalue weighted by atomic mass is 32.2. The average Bonchev–Trinajstić information content (AvgIpc) is 3.39. The molecule has 0 spiro atoms. The van der Waals surface area contributed by atoms with E-state index in [1.165, 1.54) is 23.1 Å². The van der Waals surface area contributed by atoms with Crippen molar-refractivity contribution in [3.05, 3.63) is 113 Å². The molecule has 3 N–H and O–H groups in total. The number of thiophene rings is 1. The van der Waals surface area contributed by atoms with Gasteiger partial charge in [0.15, 0.2) is 0 Å². The van der Waals surface area contributed by atoms with Crippen LogP contribution in [0.3, 0.4) is 0 Å². The van der Waals surface area contributed by atoms with Gasteiger partial charge in [0.05, 0.1) is 6.61 Å². The highest BCUT2D eigenvalue weighted by molar-refractivity contribution is 8.00. The van der Waals surface area contributed by atoms with Gasteiger partial charge >= 0.3 is 11.9 Å². The maximum absolute atomic E-state index is 13.8. The van der Waals surface area contributed by atoms with E-state index in [0.29, 0.717) is 26.7 Å². The predicted octanol–water partition coefficient (Wildman–Crippen LogP) is 6.95. The molecule has 214 valence electrons. The van der Waals surface area contributed by atoms with Crippen LogP contribution in [-0.2, 0) is 19.1 Å². The Balaban J connectivity index is 1.63. The van der Waals surface area contributed by atoms with Gasteiger partial charge in [-0.05, 0) is 43.2 Å². The number of esters is 1. The van der Waals surface area contributed by atoms with E-state index >= 15 is 0 Å². The second kappa shape index (κ2) is 14.3. The Bertz CT molecular complexity index is 1610. The van der Waals surface area contributed by atoms with Crippen molar-refractivity contribution in [2.75, 3.05) is 17.2 Å². The molecule has 3 aromatic carbocycles. The molecule has 1 aromatic heterocycles. The zero-order valence-electron chi connectivity index (χ0n) is 22.8. The van der Waals surface area contributed by atoms with E-state index in [9.17, 15) is 19.2 Å². The molecule has 0 aliphatic heterocycles. The van der Waals surface area contributed by atoms with Gasteiger partial charge in [-0.3, -0.25) is 9.59 Å². The van der Waals surface area contributed by atoms with Gasteiger partial charge in [0.25, 0.3) is 0 Å². The van der Waals surface area contributed by atoms with Gasteiger partial charge < -0.3 is 20.5 Å². The summed E-state index contributed by atoms with van der Waals surface area (Å²) in [5.41, 5.74) is 4.09. The number of hydrogen-bond donors (Lipinski definition) is 3. The molecule has 1 heterocycles. The van der Waals surface area contributed by atoms with Crippen molar-refractivity contribution >= 4 is 57.5 Å². The standard InChI is InChI=1S/C32H28N2O6S2/c1-3-40-32(39)28-25(21-14-12-20(2)13-15-21)19-41-31(28)34-30(38)29(22-8-5-4-6-9-22)42-24-11-7-10-23(18-24)33-26(35)16-17-27(36)37/h4-19,29H,3H2,1-2H3,(H,33,35)(H,34,38)(H,36,37)/b17-16+. The summed E-state index contributed by atoms with van der Waals surface area (Å²) < 4.78 is 5.35. The highest BCUT2D eigenvalue weighted by Crippen LogP contribution is 2.40. The monoisotopic (exact) mass is 600 g/mol. The largest absolute Gasteiger partial charge is 0.478 e. The summed E-state index contributed by atoms with van der Waals surface area (Å²) in [6.45, 7) is 3.91. The first-order chi connectivity index (χ1) is 20.2. The molecule has 0 aliphatic carbocycles. The second-order valence-corrected chi connectivity index (χ2v) is 11.1. The SMILES string of the molecule is CCOC(=O)c1c(-c2ccc(C)cc2)csc1NC(=O)C(Sc1cccc(NC(=O)/C=C/C(=O)O)c1)c1ccccc1. The van der Waals surface area contributed by atoms with Crippen LogP contribution in [0.1, 0.15) is 33.7 Å². The van der Waals surface area contributed by atoms with Gasteiger partial charge in [0.1, 0.15) is 15.8 Å². The number of carboxylic acid groups (broad SMARTS) is 1. The predicted molar refractivity (Wildman–Crippen MR) is 166 cm³/mol. The van der Waals surface area contributed by atoms with Gasteiger partial charge in [-0.2, -0.15) is 0 Å². The zero-order chi connectivity index (χ0) is 30.1. The van der Waals surface area contributed by atoms with E-state index in [0.717, 1.165) is 28.8 Å². The lowest BCUT2D eigenvalue weighted by atomic mass is 10.0. The van der Waals surface area contributed by atoms with Crippen molar-refractivity contribution in [3.8, 4) is 11.1 Å². The zero-order valence-corrected chi connectivity index (χ0v) is 24.5. The molecule has 2 amide bonds. The molecule has 0 saturated heterocycles. The Labute approximate surface area is 251 Å². The van der Waals surface area contributed by atoms with Crippen molar-refractivity contribution < 1.29 is 29.0 Å². The molecule has 0 radical (unpaired) electrons. The Morgan fingerprint density at radius 3 is 2.38 bits per heavy atom. The number of carbonyl (C=O) groups is 4. The van der Waals surface area contributed by atoms with E-state index in [1.807, 2.05) is 66.9 Å². The second-order valence-electron chi connectivity index (χ2n) is 9.03. The number of benzene rings is 3. The summed E-state index contributed by atoms with van der Waals surface area (Å²) in [5, 5.41) is 15.9. The van der Waals surface area contributed by atoms with Crippen LogP contribution >= 0.6 is 23.1 Å². The fourth-order valence-electron chi connectivity index (χ4n) is 3.99. The molecule has 42 heavy (non-hydrogen) atoms. The minimum Gasteiger partial charge on any atom is -0.478 e. The van der Waals surface area contributed by atoms with Crippen LogP contribution in [0.2, 0.25) is 0 Å². The van der Waals surface area contributed by atoms with Crippen LogP contribution in [-0.4, -0.2) is 35.5 Å². The molecule has 0 fully saturated rings. The Morgan fingerprint density at radius 1 is 0.952 bits per heavy atom. The summed E-state index contributed by atoms with van der Waals surface area (Å²) in [6, 6.07) is 23.9. The topological polar surface area (TPSA) is 122 Å². The highest BCUT2D eigenvalue weighted by Gasteiger charge is 2.27. The molecule has 1 unspecified atom stereocenters. The minimum atomic E-state index is -1.23. The maximum Gasteiger partial charge on any atom is 0.341 e. The number of anilines is 2. The van der Waals surface area contributed by atoms with Crippen LogP contribution in [0.25, 0.3) is 11.1 Å². The molecule has 0 aliphatic rings. The van der Waals surface area contributed by atoms with Gasteiger partial charge in [-0.25, -0.2) is 9.59 Å². The van der Waals surface area contributed by atoms with E-state index in [4.69, 9.17) is 9.84 Å². The molecular formula is C32H28N2O6S2. The quantitative estimate of drug-likeness (QED) is 0.0967. The lowest BCUT2D eigenvalue weighted by Gasteiger charge is -2.18. The first-order valence-corrected chi connectivity index (χ1v) is 14.7. The van der Waals surface area contributed by atoms with Crippen molar-refractivity contribution in [1.29, 1.82) is 0 Å². The summed E-state index contributed by atoms with van der Waals surface area (Å²) in [6.07, 6.45) is 1.68. The average molecular weight is 601 g/mol.